The molecular formula is C10H12Cl2OS. The van der Waals surface area contributed by atoms with Crippen molar-refractivity contribution in [3.63, 3.8) is 0 Å². The molecule has 1 aromatic rings. The first kappa shape index (κ1) is 12.0. The minimum absolute atomic E-state index is 0.0307. The quantitative estimate of drug-likeness (QED) is 0.710. The second-order valence-electron chi connectivity index (χ2n) is 3.29. The lowest BCUT2D eigenvalue weighted by molar-refractivity contribution is 0.0924. The predicted molar refractivity (Wildman–Crippen MR) is 62.7 cm³/mol. The van der Waals surface area contributed by atoms with Gasteiger partial charge in [-0.3, -0.25) is 4.79 Å². The number of hydrogen-bond acceptors (Lipinski definition) is 2. The maximum absolute atomic E-state index is 11.8. The van der Waals surface area contributed by atoms with Crippen molar-refractivity contribution >= 4 is 40.3 Å². The summed E-state index contributed by atoms with van der Waals surface area (Å²) >= 11 is 12.9. The Morgan fingerprint density at radius 2 is 2.21 bits per heavy atom. The molecule has 1 atom stereocenters. The van der Waals surface area contributed by atoms with Gasteiger partial charge in [0.1, 0.15) is 4.34 Å². The fourth-order valence-electron chi connectivity index (χ4n) is 1.34. The Balaban J connectivity index is 2.83. The van der Waals surface area contributed by atoms with Gasteiger partial charge in [-0.25, -0.2) is 0 Å². The number of ketones is 1. The molecule has 4 heteroatoms. The Bertz CT molecular complexity index is 333. The number of hydrogen-bond donors (Lipinski definition) is 0. The summed E-state index contributed by atoms with van der Waals surface area (Å²) in [5.74, 6) is 0.128. The van der Waals surface area contributed by atoms with Crippen molar-refractivity contribution in [1.29, 1.82) is 0 Å². The number of thiophene rings is 1. The highest BCUT2D eigenvalue weighted by Gasteiger charge is 2.19. The Morgan fingerprint density at radius 3 is 2.64 bits per heavy atom. The fraction of sp³-hybridized carbons (Fsp3) is 0.500. The summed E-state index contributed by atoms with van der Waals surface area (Å²) in [5.41, 5.74) is 0.572. The van der Waals surface area contributed by atoms with E-state index in [2.05, 4.69) is 6.92 Å². The Kier molecular flexibility index (Phi) is 4.42. The summed E-state index contributed by atoms with van der Waals surface area (Å²) in [6.45, 7) is 3.99. The van der Waals surface area contributed by atoms with Crippen LogP contribution >= 0.6 is 34.5 Å². The third kappa shape index (κ3) is 2.72. The number of carbonyl (C=O) groups excluding carboxylic acids is 1. The van der Waals surface area contributed by atoms with Crippen LogP contribution < -0.4 is 0 Å². The molecule has 1 unspecified atom stereocenters. The molecule has 0 aliphatic carbocycles. The van der Waals surface area contributed by atoms with Crippen molar-refractivity contribution < 1.29 is 4.79 Å². The largest absolute Gasteiger partial charge is 0.294 e. The van der Waals surface area contributed by atoms with Crippen LogP contribution in [0.25, 0.3) is 0 Å². The number of rotatable bonds is 4. The lowest BCUT2D eigenvalue weighted by Gasteiger charge is -2.07. The van der Waals surface area contributed by atoms with Crippen LogP contribution in [0.4, 0.5) is 0 Å². The highest BCUT2D eigenvalue weighted by atomic mass is 35.5. The van der Waals surface area contributed by atoms with Gasteiger partial charge in [-0.1, -0.05) is 43.5 Å². The maximum Gasteiger partial charge on any atom is 0.168 e. The van der Waals surface area contributed by atoms with E-state index in [4.69, 9.17) is 23.2 Å². The number of halogens is 2. The lowest BCUT2D eigenvalue weighted by atomic mass is 9.97. The molecule has 0 amide bonds. The van der Waals surface area contributed by atoms with Gasteiger partial charge in [0.2, 0.25) is 0 Å². The van der Waals surface area contributed by atoms with Gasteiger partial charge in [0, 0.05) is 11.5 Å². The van der Waals surface area contributed by atoms with Crippen LogP contribution in [0.2, 0.25) is 8.67 Å². The van der Waals surface area contributed by atoms with E-state index in [0.29, 0.717) is 14.2 Å². The average molecular weight is 251 g/mol. The Hall–Kier alpha value is -0.0500. The molecule has 0 N–H and O–H groups in total. The van der Waals surface area contributed by atoms with Gasteiger partial charge in [0.25, 0.3) is 0 Å². The zero-order valence-electron chi connectivity index (χ0n) is 8.14. The van der Waals surface area contributed by atoms with E-state index in [9.17, 15) is 4.79 Å². The molecule has 0 aliphatic rings. The van der Waals surface area contributed by atoms with E-state index < -0.39 is 0 Å². The van der Waals surface area contributed by atoms with E-state index in [-0.39, 0.29) is 11.7 Å². The highest BCUT2D eigenvalue weighted by Crippen LogP contribution is 2.33. The molecule has 0 radical (unpaired) electrons. The van der Waals surface area contributed by atoms with E-state index in [1.807, 2.05) is 6.92 Å². The molecule has 78 valence electrons. The molecule has 1 heterocycles. The summed E-state index contributed by atoms with van der Waals surface area (Å²) in [6, 6.07) is 1.66. The van der Waals surface area contributed by atoms with Crippen LogP contribution in [0.3, 0.4) is 0 Å². The van der Waals surface area contributed by atoms with Gasteiger partial charge in [-0.2, -0.15) is 0 Å². The van der Waals surface area contributed by atoms with Crippen molar-refractivity contribution in [3.05, 3.63) is 20.3 Å². The van der Waals surface area contributed by atoms with Crippen LogP contribution in [-0.4, -0.2) is 5.78 Å². The van der Waals surface area contributed by atoms with Gasteiger partial charge in [-0.05, 0) is 12.5 Å². The fourth-order valence-corrected chi connectivity index (χ4v) is 2.81. The molecule has 1 nitrogen and oxygen atoms in total. The molecule has 0 saturated carbocycles. The zero-order valence-corrected chi connectivity index (χ0v) is 10.5. The number of Topliss-reactive ketones (excluding diaryl/α,β-unsaturated/α-hetero) is 1. The van der Waals surface area contributed by atoms with Crippen molar-refractivity contribution in [3.8, 4) is 0 Å². The van der Waals surface area contributed by atoms with Crippen LogP contribution in [0.5, 0.6) is 0 Å². The smallest absolute Gasteiger partial charge is 0.168 e. The topological polar surface area (TPSA) is 17.1 Å². The standard InChI is InChI=1S/C10H12Cl2OS/c1-3-4-6(2)9(13)7-5-8(11)14-10(7)12/h5-6H,3-4H2,1-2H3. The minimum Gasteiger partial charge on any atom is -0.294 e. The number of carbonyl (C=O) groups is 1. The first-order chi connectivity index (χ1) is 6.56. The van der Waals surface area contributed by atoms with Gasteiger partial charge in [0.15, 0.2) is 5.78 Å². The summed E-state index contributed by atoms with van der Waals surface area (Å²) < 4.78 is 1.07. The van der Waals surface area contributed by atoms with Crippen LogP contribution in [-0.2, 0) is 0 Å². The molecule has 0 saturated heterocycles. The first-order valence-corrected chi connectivity index (χ1v) is 6.12. The van der Waals surface area contributed by atoms with E-state index >= 15 is 0 Å². The maximum atomic E-state index is 11.8. The average Bonchev–Trinajstić information content (AvgIpc) is 2.44. The SMILES string of the molecule is CCCC(C)C(=O)c1cc(Cl)sc1Cl. The van der Waals surface area contributed by atoms with Crippen LogP contribution in [0, 0.1) is 5.92 Å². The highest BCUT2D eigenvalue weighted by molar-refractivity contribution is 7.20. The van der Waals surface area contributed by atoms with Gasteiger partial charge >= 0.3 is 0 Å². The summed E-state index contributed by atoms with van der Waals surface area (Å²) in [7, 11) is 0. The predicted octanol–water partition coefficient (Wildman–Crippen LogP) is 4.67. The molecule has 1 aromatic heterocycles. The molecular weight excluding hydrogens is 239 g/mol. The van der Waals surface area contributed by atoms with E-state index in [1.165, 1.54) is 11.3 Å². The molecule has 1 rings (SSSR count). The van der Waals surface area contributed by atoms with Crippen molar-refractivity contribution in [2.75, 3.05) is 0 Å². The second-order valence-corrected chi connectivity index (χ2v) is 5.58. The summed E-state index contributed by atoms with van der Waals surface area (Å²) in [6.07, 6.45) is 1.89. The monoisotopic (exact) mass is 250 g/mol. The van der Waals surface area contributed by atoms with Crippen LogP contribution in [0.15, 0.2) is 6.07 Å². The molecule has 0 aromatic carbocycles. The normalized spacial score (nSPS) is 12.9. The second kappa shape index (κ2) is 5.15. The van der Waals surface area contributed by atoms with Gasteiger partial charge in [0.05, 0.1) is 4.34 Å². The van der Waals surface area contributed by atoms with Gasteiger partial charge < -0.3 is 0 Å². The lowest BCUT2D eigenvalue weighted by Crippen LogP contribution is -2.10. The van der Waals surface area contributed by atoms with Crippen molar-refractivity contribution in [1.82, 2.24) is 0 Å². The Morgan fingerprint density at radius 1 is 1.57 bits per heavy atom. The Labute approximate surface area is 98.0 Å². The molecule has 0 fully saturated rings. The third-order valence-corrected chi connectivity index (χ3v) is 3.58. The molecule has 0 spiro atoms. The van der Waals surface area contributed by atoms with Gasteiger partial charge in [-0.15, -0.1) is 11.3 Å². The first-order valence-electron chi connectivity index (χ1n) is 4.55. The molecule has 0 aliphatic heterocycles. The molecule has 14 heavy (non-hydrogen) atoms. The van der Waals surface area contributed by atoms with E-state index in [1.54, 1.807) is 6.07 Å². The summed E-state index contributed by atoms with van der Waals surface area (Å²) in [5, 5.41) is 0. The molecule has 0 bridgehead atoms. The third-order valence-electron chi connectivity index (χ3n) is 2.09. The van der Waals surface area contributed by atoms with Crippen LogP contribution in [0.1, 0.15) is 37.0 Å². The zero-order chi connectivity index (χ0) is 10.7. The van der Waals surface area contributed by atoms with Crippen molar-refractivity contribution in [2.45, 2.75) is 26.7 Å². The summed E-state index contributed by atoms with van der Waals surface area (Å²) in [4.78, 5) is 11.8. The van der Waals surface area contributed by atoms with E-state index in [0.717, 1.165) is 12.8 Å². The minimum atomic E-state index is 0.0307. The van der Waals surface area contributed by atoms with Crippen molar-refractivity contribution in [2.24, 2.45) is 5.92 Å².